The highest BCUT2D eigenvalue weighted by atomic mass is 19.1. The van der Waals surface area contributed by atoms with E-state index in [1.807, 2.05) is 11.8 Å². The molecule has 0 amide bonds. The van der Waals surface area contributed by atoms with Gasteiger partial charge < -0.3 is 19.9 Å². The van der Waals surface area contributed by atoms with Crippen LogP contribution >= 0.6 is 0 Å². The monoisotopic (exact) mass is 331 g/mol. The summed E-state index contributed by atoms with van der Waals surface area (Å²) in [5.74, 6) is -1.72. The number of hydrogen-bond acceptors (Lipinski definition) is 4. The number of carboxylic acids is 1. The summed E-state index contributed by atoms with van der Waals surface area (Å²) in [6, 6.07) is 1.20. The third-order valence-corrected chi connectivity index (χ3v) is 4.98. The van der Waals surface area contributed by atoms with Crippen LogP contribution in [0, 0.1) is 5.82 Å². The van der Waals surface area contributed by atoms with E-state index in [9.17, 15) is 19.1 Å². The molecule has 0 spiro atoms. The fourth-order valence-corrected chi connectivity index (χ4v) is 3.88. The number of carbonyl (C=O) groups is 1. The summed E-state index contributed by atoms with van der Waals surface area (Å²) in [4.78, 5) is 25.8. The minimum atomic E-state index is -1.28. The molecule has 7 heteroatoms. The molecule has 0 aliphatic carbocycles. The molecular weight excluding hydrogens is 313 g/mol. The average Bonchev–Trinajstić information content (AvgIpc) is 2.87. The Bertz CT molecular complexity index is 916. The van der Waals surface area contributed by atoms with Crippen LogP contribution in [0.5, 0.6) is 0 Å². The highest BCUT2D eigenvalue weighted by Gasteiger charge is 2.30. The molecule has 0 bridgehead atoms. The second-order valence-electron chi connectivity index (χ2n) is 6.46. The maximum Gasteiger partial charge on any atom is 0.341 e. The molecule has 2 aromatic rings. The standard InChI is InChI=1S/C17H18FN3O3/c1-9-6-10-14-11(16(22)12(17(23)24)8-21(9)14)7-13(18)15(10)20-4-2-19-3-5-20/h7-9,19H,2-6H2,1H3,(H,23,24). The molecular formula is C17H18FN3O3. The van der Waals surface area contributed by atoms with Crippen molar-refractivity contribution in [3.05, 3.63) is 39.4 Å². The van der Waals surface area contributed by atoms with E-state index in [0.29, 0.717) is 30.7 Å². The fraction of sp³-hybridized carbons (Fsp3) is 0.412. The number of rotatable bonds is 2. The average molecular weight is 331 g/mol. The summed E-state index contributed by atoms with van der Waals surface area (Å²) in [5, 5.41) is 12.7. The zero-order valence-corrected chi connectivity index (χ0v) is 13.3. The molecule has 24 heavy (non-hydrogen) atoms. The number of nitrogens with zero attached hydrogens (tertiary/aromatic N) is 2. The zero-order valence-electron chi connectivity index (χ0n) is 13.3. The molecule has 1 aromatic carbocycles. The van der Waals surface area contributed by atoms with Crippen molar-refractivity contribution in [2.75, 3.05) is 31.1 Å². The predicted molar refractivity (Wildman–Crippen MR) is 88.6 cm³/mol. The molecule has 4 rings (SSSR count). The Morgan fingerprint density at radius 3 is 2.75 bits per heavy atom. The third kappa shape index (κ3) is 2.04. The number of anilines is 1. The molecule has 1 aromatic heterocycles. The molecule has 2 N–H and O–H groups in total. The number of piperazine rings is 1. The van der Waals surface area contributed by atoms with E-state index in [1.165, 1.54) is 12.3 Å². The largest absolute Gasteiger partial charge is 0.477 e. The van der Waals surface area contributed by atoms with Crippen LogP contribution in [0.1, 0.15) is 28.9 Å². The SMILES string of the molecule is CC1Cc2c(N3CCNCC3)c(F)cc3c(=O)c(C(=O)O)cn1c23. The van der Waals surface area contributed by atoms with Gasteiger partial charge in [0.05, 0.1) is 11.2 Å². The number of nitrogens with one attached hydrogen (secondary N) is 1. The number of pyridine rings is 1. The lowest BCUT2D eigenvalue weighted by molar-refractivity contribution is 0.0694. The van der Waals surface area contributed by atoms with Gasteiger partial charge in [0, 0.05) is 49.4 Å². The van der Waals surface area contributed by atoms with Gasteiger partial charge in [-0.05, 0) is 19.4 Å². The molecule has 0 radical (unpaired) electrons. The maximum atomic E-state index is 14.9. The van der Waals surface area contributed by atoms with Crippen LogP contribution in [0.3, 0.4) is 0 Å². The van der Waals surface area contributed by atoms with Gasteiger partial charge in [-0.2, -0.15) is 0 Å². The van der Waals surface area contributed by atoms with Gasteiger partial charge in [0.25, 0.3) is 0 Å². The van der Waals surface area contributed by atoms with Crippen molar-refractivity contribution in [1.29, 1.82) is 0 Å². The van der Waals surface area contributed by atoms with Crippen LogP contribution in [0.4, 0.5) is 10.1 Å². The van der Waals surface area contributed by atoms with Gasteiger partial charge >= 0.3 is 5.97 Å². The number of halogens is 1. The molecule has 3 heterocycles. The summed E-state index contributed by atoms with van der Waals surface area (Å²) in [6.07, 6.45) is 1.99. The van der Waals surface area contributed by atoms with E-state index in [4.69, 9.17) is 0 Å². The van der Waals surface area contributed by atoms with E-state index in [2.05, 4.69) is 5.32 Å². The second kappa shape index (κ2) is 5.31. The van der Waals surface area contributed by atoms with Gasteiger partial charge in [-0.3, -0.25) is 4.79 Å². The Hall–Kier alpha value is -2.41. The van der Waals surface area contributed by atoms with Crippen molar-refractivity contribution in [2.24, 2.45) is 0 Å². The molecule has 2 aliphatic heterocycles. The summed E-state index contributed by atoms with van der Waals surface area (Å²) in [7, 11) is 0. The number of aromatic carboxylic acids is 1. The second-order valence-corrected chi connectivity index (χ2v) is 6.46. The number of hydrogen-bond donors (Lipinski definition) is 2. The summed E-state index contributed by atoms with van der Waals surface area (Å²) in [5.41, 5.74) is 1.12. The van der Waals surface area contributed by atoms with Gasteiger partial charge in [0.2, 0.25) is 5.43 Å². The van der Waals surface area contributed by atoms with E-state index >= 15 is 0 Å². The van der Waals surface area contributed by atoms with E-state index < -0.39 is 17.2 Å². The van der Waals surface area contributed by atoms with Gasteiger partial charge in [-0.15, -0.1) is 0 Å². The number of aromatic nitrogens is 1. The summed E-state index contributed by atoms with van der Waals surface area (Å²) < 4.78 is 16.7. The molecule has 6 nitrogen and oxygen atoms in total. The molecule has 1 saturated heterocycles. The van der Waals surface area contributed by atoms with Gasteiger partial charge in [-0.25, -0.2) is 9.18 Å². The first-order valence-corrected chi connectivity index (χ1v) is 8.08. The molecule has 0 saturated carbocycles. The first kappa shape index (κ1) is 15.1. The van der Waals surface area contributed by atoms with Crippen molar-refractivity contribution in [1.82, 2.24) is 9.88 Å². The Balaban J connectivity index is 2.03. The Labute approximate surface area is 137 Å². The molecule has 126 valence electrons. The number of carboxylic acid groups (broad SMARTS) is 1. The van der Waals surface area contributed by atoms with Crippen molar-refractivity contribution in [2.45, 2.75) is 19.4 Å². The smallest absolute Gasteiger partial charge is 0.341 e. The van der Waals surface area contributed by atoms with Gasteiger partial charge in [0.15, 0.2) is 0 Å². The minimum Gasteiger partial charge on any atom is -0.477 e. The van der Waals surface area contributed by atoms with E-state index in [0.717, 1.165) is 18.7 Å². The molecule has 1 fully saturated rings. The normalized spacial score (nSPS) is 19.9. The lowest BCUT2D eigenvalue weighted by Crippen LogP contribution is -2.44. The molecule has 2 aliphatic rings. The molecule has 1 unspecified atom stereocenters. The zero-order chi connectivity index (χ0) is 17.0. The van der Waals surface area contributed by atoms with Gasteiger partial charge in [0.1, 0.15) is 11.4 Å². The molecule has 1 atom stereocenters. The summed E-state index contributed by atoms with van der Waals surface area (Å²) >= 11 is 0. The van der Waals surface area contributed by atoms with Crippen molar-refractivity contribution in [3.8, 4) is 0 Å². The maximum absolute atomic E-state index is 14.9. The third-order valence-electron chi connectivity index (χ3n) is 4.98. The van der Waals surface area contributed by atoms with E-state index in [1.54, 1.807) is 4.57 Å². The topological polar surface area (TPSA) is 74.6 Å². The Kier molecular flexibility index (Phi) is 3.35. The minimum absolute atomic E-state index is 0.00957. The highest BCUT2D eigenvalue weighted by Crippen LogP contribution is 2.39. The lowest BCUT2D eigenvalue weighted by atomic mass is 10.0. The van der Waals surface area contributed by atoms with Gasteiger partial charge in [-0.1, -0.05) is 0 Å². The van der Waals surface area contributed by atoms with E-state index in [-0.39, 0.29) is 17.0 Å². The van der Waals surface area contributed by atoms with Crippen LogP contribution < -0.4 is 15.6 Å². The summed E-state index contributed by atoms with van der Waals surface area (Å²) in [6.45, 7) is 4.95. The van der Waals surface area contributed by atoms with Crippen LogP contribution in [0.25, 0.3) is 10.9 Å². The Morgan fingerprint density at radius 2 is 2.08 bits per heavy atom. The lowest BCUT2D eigenvalue weighted by Gasteiger charge is -2.31. The van der Waals surface area contributed by atoms with Crippen molar-refractivity contribution < 1.29 is 14.3 Å². The highest BCUT2D eigenvalue weighted by molar-refractivity contribution is 5.96. The first-order chi connectivity index (χ1) is 11.5. The first-order valence-electron chi connectivity index (χ1n) is 8.08. The Morgan fingerprint density at radius 1 is 1.38 bits per heavy atom. The fourth-order valence-electron chi connectivity index (χ4n) is 3.88. The van der Waals surface area contributed by atoms with Crippen LogP contribution in [-0.2, 0) is 6.42 Å². The van der Waals surface area contributed by atoms with Crippen molar-refractivity contribution in [3.63, 3.8) is 0 Å². The van der Waals surface area contributed by atoms with Crippen LogP contribution in [-0.4, -0.2) is 41.8 Å². The van der Waals surface area contributed by atoms with Crippen molar-refractivity contribution >= 4 is 22.6 Å². The van der Waals surface area contributed by atoms with Crippen LogP contribution in [0.15, 0.2) is 17.1 Å². The van der Waals surface area contributed by atoms with Crippen LogP contribution in [0.2, 0.25) is 0 Å². The quantitative estimate of drug-likeness (QED) is 0.869. The predicted octanol–water partition coefficient (Wildman–Crippen LogP) is 1.37. The number of benzene rings is 1.